The van der Waals surface area contributed by atoms with E-state index in [1.807, 2.05) is 12.2 Å². The molecule has 0 aromatic carbocycles. The summed E-state index contributed by atoms with van der Waals surface area (Å²) in [5, 5.41) is 0. The van der Waals surface area contributed by atoms with Crippen LogP contribution in [0.4, 0.5) is 0 Å². The molecule has 11 heavy (non-hydrogen) atoms. The Morgan fingerprint density at radius 3 is 2.45 bits per heavy atom. The van der Waals surface area contributed by atoms with Gasteiger partial charge < -0.3 is 0 Å². The van der Waals surface area contributed by atoms with Crippen LogP contribution < -0.4 is 0 Å². The molecule has 0 rings (SSSR count). The van der Waals surface area contributed by atoms with Crippen molar-refractivity contribution < 1.29 is 0 Å². The van der Waals surface area contributed by atoms with E-state index in [0.29, 0.717) is 0 Å². The molecule has 62 valence electrons. The minimum Gasteiger partial charge on any atom is -0.0991 e. The first-order valence-corrected chi connectivity index (χ1v) is 4.17. The van der Waals surface area contributed by atoms with Crippen molar-refractivity contribution in [3.8, 4) is 0 Å². The third kappa shape index (κ3) is 5.65. The van der Waals surface area contributed by atoms with E-state index in [4.69, 9.17) is 0 Å². The quantitative estimate of drug-likeness (QED) is 0.534. The maximum absolute atomic E-state index is 3.65. The van der Waals surface area contributed by atoms with Crippen molar-refractivity contribution in [2.45, 2.75) is 33.6 Å². The zero-order chi connectivity index (χ0) is 8.69. The summed E-state index contributed by atoms with van der Waals surface area (Å²) in [4.78, 5) is 0. The molecule has 0 nitrogen and oxygen atoms in total. The predicted molar refractivity (Wildman–Crippen MR) is 52.6 cm³/mol. The summed E-state index contributed by atoms with van der Waals surface area (Å²) < 4.78 is 0. The average molecular weight is 150 g/mol. The van der Waals surface area contributed by atoms with Gasteiger partial charge in [0.1, 0.15) is 0 Å². The number of rotatable bonds is 4. The normalized spacial score (nSPS) is 13.4. The van der Waals surface area contributed by atoms with E-state index in [0.717, 1.165) is 0 Å². The van der Waals surface area contributed by atoms with Gasteiger partial charge in [-0.15, -0.1) is 0 Å². The lowest BCUT2D eigenvalue weighted by molar-refractivity contribution is 0.904. The molecule has 0 saturated carbocycles. The fourth-order valence-corrected chi connectivity index (χ4v) is 1.09. The Labute approximate surface area is 70.3 Å². The molecule has 0 radical (unpaired) electrons. The maximum Gasteiger partial charge on any atom is -0.0322 e. The van der Waals surface area contributed by atoms with Gasteiger partial charge >= 0.3 is 0 Å². The monoisotopic (exact) mass is 150 g/mol. The predicted octanol–water partition coefficient (Wildman–Crippen LogP) is 3.87. The van der Waals surface area contributed by atoms with Crippen molar-refractivity contribution in [1.29, 1.82) is 0 Å². The van der Waals surface area contributed by atoms with Gasteiger partial charge in [0.25, 0.3) is 0 Å². The van der Waals surface area contributed by atoms with Crippen LogP contribution in [0, 0.1) is 0 Å². The Kier molecular flexibility index (Phi) is 5.54. The van der Waals surface area contributed by atoms with Crippen LogP contribution in [0.1, 0.15) is 33.6 Å². The van der Waals surface area contributed by atoms with Gasteiger partial charge in [-0.3, -0.25) is 0 Å². The molecule has 0 aromatic heterocycles. The molecular weight excluding hydrogens is 132 g/mol. The van der Waals surface area contributed by atoms with Gasteiger partial charge in [0.15, 0.2) is 0 Å². The summed E-state index contributed by atoms with van der Waals surface area (Å²) in [6.45, 7) is 10.1. The lowest BCUT2D eigenvalue weighted by atomic mass is 10.1. The van der Waals surface area contributed by atoms with E-state index in [1.54, 1.807) is 0 Å². The second kappa shape index (κ2) is 5.96. The van der Waals surface area contributed by atoms with Crippen LogP contribution in [0.25, 0.3) is 0 Å². The topological polar surface area (TPSA) is 0 Å². The molecule has 0 spiro atoms. The Bertz CT molecular complexity index is 170. The Morgan fingerprint density at radius 2 is 2.00 bits per heavy atom. The van der Waals surface area contributed by atoms with Crippen LogP contribution in [0.5, 0.6) is 0 Å². The molecule has 0 saturated heterocycles. The molecule has 0 fully saturated rings. The second-order valence-corrected chi connectivity index (χ2v) is 2.89. The van der Waals surface area contributed by atoms with E-state index in [-0.39, 0.29) is 0 Å². The molecule has 0 bridgehead atoms. The number of hydrogen-bond donors (Lipinski definition) is 0. The summed E-state index contributed by atoms with van der Waals surface area (Å²) in [6, 6.07) is 0. The number of allylic oxidation sites excluding steroid dienone is 5. The minimum absolute atomic E-state index is 1.20. The van der Waals surface area contributed by atoms with Gasteiger partial charge in [-0.05, 0) is 20.3 Å². The third-order valence-electron chi connectivity index (χ3n) is 1.50. The van der Waals surface area contributed by atoms with Gasteiger partial charge in [-0.1, -0.05) is 49.3 Å². The molecule has 0 N–H and O–H groups in total. The summed E-state index contributed by atoms with van der Waals surface area (Å²) in [5.74, 6) is 0. The third-order valence-corrected chi connectivity index (χ3v) is 1.50. The highest BCUT2D eigenvalue weighted by molar-refractivity contribution is 5.23. The van der Waals surface area contributed by atoms with Gasteiger partial charge in [0.05, 0.1) is 0 Å². The van der Waals surface area contributed by atoms with Crippen LogP contribution in [0.2, 0.25) is 0 Å². The molecule has 0 aliphatic carbocycles. The molecular formula is C11H18. The van der Waals surface area contributed by atoms with Crippen LogP contribution in [0.3, 0.4) is 0 Å². The molecule has 0 heterocycles. The maximum atomic E-state index is 3.65. The van der Waals surface area contributed by atoms with Gasteiger partial charge in [0, 0.05) is 0 Å². The lowest BCUT2D eigenvalue weighted by Crippen LogP contribution is -1.76. The largest absolute Gasteiger partial charge is 0.0991 e. The molecule has 0 aromatic rings. The second-order valence-electron chi connectivity index (χ2n) is 2.89. The highest BCUT2D eigenvalue weighted by Gasteiger charge is 1.86. The van der Waals surface area contributed by atoms with Crippen molar-refractivity contribution in [3.63, 3.8) is 0 Å². The Morgan fingerprint density at radius 1 is 1.36 bits per heavy atom. The Hall–Kier alpha value is -0.780. The van der Waals surface area contributed by atoms with E-state index in [9.17, 15) is 0 Å². The molecule has 0 heteroatoms. The highest BCUT2D eigenvalue weighted by Crippen LogP contribution is 2.07. The standard InChI is InChI=1S/C11H18/c1-5-7-10(3)9-11(4)8-6-2/h5,7,9H,1,6,8H2,2-4H3. The van der Waals surface area contributed by atoms with Crippen LogP contribution in [0.15, 0.2) is 36.0 Å². The van der Waals surface area contributed by atoms with Crippen molar-refractivity contribution >= 4 is 0 Å². The Balaban J connectivity index is 4.06. The van der Waals surface area contributed by atoms with Crippen molar-refractivity contribution in [2.24, 2.45) is 0 Å². The van der Waals surface area contributed by atoms with E-state index in [1.165, 1.54) is 24.0 Å². The smallest absolute Gasteiger partial charge is 0.0322 e. The van der Waals surface area contributed by atoms with Crippen LogP contribution in [-0.4, -0.2) is 0 Å². The summed E-state index contributed by atoms with van der Waals surface area (Å²) in [7, 11) is 0. The van der Waals surface area contributed by atoms with Crippen LogP contribution >= 0.6 is 0 Å². The first-order valence-electron chi connectivity index (χ1n) is 4.17. The highest BCUT2D eigenvalue weighted by atomic mass is 13.9. The zero-order valence-corrected chi connectivity index (χ0v) is 7.85. The van der Waals surface area contributed by atoms with Crippen molar-refractivity contribution in [3.05, 3.63) is 36.0 Å². The first-order chi connectivity index (χ1) is 5.20. The van der Waals surface area contributed by atoms with E-state index in [2.05, 4.69) is 33.4 Å². The summed E-state index contributed by atoms with van der Waals surface area (Å²) in [5.41, 5.74) is 2.73. The zero-order valence-electron chi connectivity index (χ0n) is 7.85. The van der Waals surface area contributed by atoms with Gasteiger partial charge in [-0.2, -0.15) is 0 Å². The lowest BCUT2D eigenvalue weighted by Gasteiger charge is -1.96. The van der Waals surface area contributed by atoms with E-state index < -0.39 is 0 Å². The summed E-state index contributed by atoms with van der Waals surface area (Å²) in [6.07, 6.45) is 8.49. The first kappa shape index (κ1) is 10.2. The van der Waals surface area contributed by atoms with Crippen molar-refractivity contribution in [1.82, 2.24) is 0 Å². The fourth-order valence-electron chi connectivity index (χ4n) is 1.09. The fraction of sp³-hybridized carbons (Fsp3) is 0.455. The molecule has 0 atom stereocenters. The molecule has 0 aliphatic heterocycles. The SMILES string of the molecule is C=CC=C(C)C=C(C)CCC. The average Bonchev–Trinajstić information content (AvgIpc) is 1.87. The van der Waals surface area contributed by atoms with Gasteiger partial charge in [-0.25, -0.2) is 0 Å². The molecule has 0 aliphatic rings. The summed E-state index contributed by atoms with van der Waals surface area (Å²) >= 11 is 0. The molecule has 0 amide bonds. The van der Waals surface area contributed by atoms with Crippen molar-refractivity contribution in [2.75, 3.05) is 0 Å². The minimum atomic E-state index is 1.20. The van der Waals surface area contributed by atoms with E-state index >= 15 is 0 Å². The van der Waals surface area contributed by atoms with Gasteiger partial charge in [0.2, 0.25) is 0 Å². The molecule has 0 unspecified atom stereocenters. The number of hydrogen-bond acceptors (Lipinski definition) is 0. The van der Waals surface area contributed by atoms with Crippen LogP contribution in [-0.2, 0) is 0 Å².